The van der Waals surface area contributed by atoms with Crippen LogP contribution in [0.2, 0.25) is 5.02 Å². The van der Waals surface area contributed by atoms with Gasteiger partial charge in [0.05, 0.1) is 18.4 Å². The summed E-state index contributed by atoms with van der Waals surface area (Å²) < 4.78 is 14.8. The van der Waals surface area contributed by atoms with Gasteiger partial charge >= 0.3 is 0 Å². The maximum absolute atomic E-state index is 14.8. The van der Waals surface area contributed by atoms with Gasteiger partial charge in [0.2, 0.25) is 0 Å². The maximum Gasteiger partial charge on any atom is 0.180 e. The first-order valence-electron chi connectivity index (χ1n) is 11.8. The molecule has 8 heteroatoms. The third-order valence-corrected chi connectivity index (χ3v) is 7.12. The Morgan fingerprint density at radius 1 is 1.14 bits per heavy atom. The van der Waals surface area contributed by atoms with Crippen LogP contribution in [0.1, 0.15) is 23.6 Å². The number of carbonyl (C=O) groups excluding carboxylic acids is 1. The van der Waals surface area contributed by atoms with Gasteiger partial charge in [0, 0.05) is 40.8 Å². The van der Waals surface area contributed by atoms with E-state index in [1.165, 1.54) is 6.07 Å². The second-order valence-electron chi connectivity index (χ2n) is 9.29. The highest BCUT2D eigenvalue weighted by atomic mass is 35.5. The van der Waals surface area contributed by atoms with E-state index in [1.54, 1.807) is 55.3 Å². The third-order valence-electron chi connectivity index (χ3n) is 6.89. The van der Waals surface area contributed by atoms with Crippen molar-refractivity contribution in [1.82, 2.24) is 0 Å². The number of ketones is 1. The fraction of sp³-hybridized carbons (Fsp3) is 0.286. The predicted octanol–water partition coefficient (Wildman–Crippen LogP) is 3.56. The molecular formula is C28H30ClFN4O2. The number of Topliss-reactive ketones (excluding diaryl/α,β-unsaturated/α-hetero) is 1. The summed E-state index contributed by atoms with van der Waals surface area (Å²) in [6.45, 7) is 1.47. The zero-order chi connectivity index (χ0) is 26.0. The van der Waals surface area contributed by atoms with Crippen molar-refractivity contribution in [3.05, 3.63) is 100 Å². The standard InChI is InChI=1S/C28H30ClFN4O2/c1-17(26(35)23(31)14-18-8-4-3-5-9-18)27(36)28(32)16-33-25(20-10-6-7-11-22(20)30)21-15-19(29)12-13-24(21)34(28)2/h3-13,15,17,23,26,35H,14,16,31-32H2,1-2H3/t17-,23-,26-,28?/m0/s1. The number of nitrogens with two attached hydrogens (primary N) is 2. The molecule has 4 atom stereocenters. The average molecular weight is 509 g/mol. The quantitative estimate of drug-likeness (QED) is 0.452. The summed E-state index contributed by atoms with van der Waals surface area (Å²) in [5.41, 5.74) is 14.2. The summed E-state index contributed by atoms with van der Waals surface area (Å²) in [6, 6.07) is 20.2. The number of halogens is 2. The van der Waals surface area contributed by atoms with Crippen LogP contribution in [-0.2, 0) is 11.2 Å². The van der Waals surface area contributed by atoms with Gasteiger partial charge in [0.1, 0.15) is 5.82 Å². The molecule has 0 aliphatic carbocycles. The number of likely N-dealkylation sites (N-methyl/N-ethyl adjacent to an activating group) is 1. The van der Waals surface area contributed by atoms with Gasteiger partial charge in [0.25, 0.3) is 0 Å². The molecule has 0 spiro atoms. The monoisotopic (exact) mass is 508 g/mol. The van der Waals surface area contributed by atoms with Gasteiger partial charge in [-0.05, 0) is 42.3 Å². The number of hydrogen-bond donors (Lipinski definition) is 3. The first-order valence-corrected chi connectivity index (χ1v) is 12.1. The Labute approximate surface area is 215 Å². The summed E-state index contributed by atoms with van der Waals surface area (Å²) in [4.78, 5) is 20.1. The van der Waals surface area contributed by atoms with Crippen molar-refractivity contribution >= 4 is 28.8 Å². The fourth-order valence-electron chi connectivity index (χ4n) is 4.65. The van der Waals surface area contributed by atoms with Crippen LogP contribution in [0.3, 0.4) is 0 Å². The Kier molecular flexibility index (Phi) is 7.57. The number of carbonyl (C=O) groups is 1. The fourth-order valence-corrected chi connectivity index (χ4v) is 4.82. The van der Waals surface area contributed by atoms with Crippen molar-refractivity contribution in [3.8, 4) is 0 Å². The highest BCUT2D eigenvalue weighted by Crippen LogP contribution is 2.34. The van der Waals surface area contributed by atoms with Crippen LogP contribution in [-0.4, -0.2) is 48.0 Å². The molecule has 1 aliphatic rings. The van der Waals surface area contributed by atoms with E-state index in [0.717, 1.165) is 5.56 Å². The molecule has 0 aromatic heterocycles. The van der Waals surface area contributed by atoms with Crippen LogP contribution in [0, 0.1) is 11.7 Å². The second-order valence-corrected chi connectivity index (χ2v) is 9.72. The molecule has 0 radical (unpaired) electrons. The summed E-state index contributed by atoms with van der Waals surface area (Å²) in [5, 5.41) is 11.4. The Hall–Kier alpha value is -3.10. The Morgan fingerprint density at radius 3 is 2.50 bits per heavy atom. The number of aliphatic hydroxyl groups is 1. The van der Waals surface area contributed by atoms with Crippen molar-refractivity contribution in [2.24, 2.45) is 22.4 Å². The lowest BCUT2D eigenvalue weighted by Crippen LogP contribution is -2.65. The van der Waals surface area contributed by atoms with Crippen LogP contribution in [0.25, 0.3) is 0 Å². The maximum atomic E-state index is 14.8. The Balaban J connectivity index is 1.69. The molecule has 0 amide bonds. The molecule has 3 aromatic carbocycles. The van der Waals surface area contributed by atoms with Crippen molar-refractivity contribution in [3.63, 3.8) is 0 Å². The van der Waals surface area contributed by atoms with Crippen LogP contribution >= 0.6 is 11.6 Å². The highest BCUT2D eigenvalue weighted by molar-refractivity contribution is 6.31. The van der Waals surface area contributed by atoms with E-state index in [4.69, 9.17) is 23.1 Å². The highest BCUT2D eigenvalue weighted by Gasteiger charge is 2.45. The normalized spacial score (nSPS) is 20.1. The number of nitrogens with zero attached hydrogens (tertiary/aromatic N) is 2. The topological polar surface area (TPSA) is 105 Å². The summed E-state index contributed by atoms with van der Waals surface area (Å²) in [7, 11) is 1.69. The number of benzene rings is 3. The van der Waals surface area contributed by atoms with Gasteiger partial charge in [-0.25, -0.2) is 4.39 Å². The number of rotatable bonds is 7. The van der Waals surface area contributed by atoms with E-state index in [2.05, 4.69) is 4.99 Å². The van der Waals surface area contributed by atoms with Gasteiger partial charge in [-0.15, -0.1) is 0 Å². The lowest BCUT2D eigenvalue weighted by atomic mass is 9.85. The Bertz CT molecular complexity index is 1290. The van der Waals surface area contributed by atoms with Crippen LogP contribution in [0.4, 0.5) is 10.1 Å². The number of anilines is 1. The van der Waals surface area contributed by atoms with Gasteiger partial charge in [-0.1, -0.05) is 61.0 Å². The van der Waals surface area contributed by atoms with Gasteiger partial charge in [-0.2, -0.15) is 0 Å². The largest absolute Gasteiger partial charge is 0.391 e. The van der Waals surface area contributed by atoms with Gasteiger partial charge in [-0.3, -0.25) is 9.79 Å². The molecule has 0 fully saturated rings. The van der Waals surface area contributed by atoms with E-state index >= 15 is 0 Å². The molecule has 188 valence electrons. The number of fused-ring (bicyclic) bond motifs is 1. The number of hydrogen-bond acceptors (Lipinski definition) is 6. The molecule has 1 unspecified atom stereocenters. The van der Waals surface area contributed by atoms with E-state index in [1.807, 2.05) is 30.3 Å². The minimum Gasteiger partial charge on any atom is -0.391 e. The zero-order valence-electron chi connectivity index (χ0n) is 20.2. The molecule has 6 nitrogen and oxygen atoms in total. The summed E-state index contributed by atoms with van der Waals surface area (Å²) in [5.74, 6) is -1.74. The minimum absolute atomic E-state index is 0.150. The van der Waals surface area contributed by atoms with Crippen molar-refractivity contribution in [2.75, 3.05) is 18.5 Å². The molecule has 0 bridgehead atoms. The predicted molar refractivity (Wildman–Crippen MR) is 142 cm³/mol. The van der Waals surface area contributed by atoms with Crippen LogP contribution in [0.15, 0.2) is 77.8 Å². The molecular weight excluding hydrogens is 479 g/mol. The smallest absolute Gasteiger partial charge is 0.180 e. The van der Waals surface area contributed by atoms with E-state index in [0.29, 0.717) is 28.4 Å². The van der Waals surface area contributed by atoms with Crippen LogP contribution in [0.5, 0.6) is 0 Å². The SMILES string of the molecule is C[C@H](C(=O)C1(N)CN=C(c2ccccc2F)c2cc(Cl)ccc2N1C)[C@H](O)[C@@H](N)Cc1ccccc1. The van der Waals surface area contributed by atoms with Crippen LogP contribution < -0.4 is 16.4 Å². The van der Waals surface area contributed by atoms with E-state index < -0.39 is 35.3 Å². The first kappa shape index (κ1) is 26.0. The minimum atomic E-state index is -1.61. The average Bonchev–Trinajstić information content (AvgIpc) is 2.98. The summed E-state index contributed by atoms with van der Waals surface area (Å²) >= 11 is 6.28. The molecule has 1 aliphatic heterocycles. The summed E-state index contributed by atoms with van der Waals surface area (Å²) in [6.07, 6.45) is -0.723. The lowest BCUT2D eigenvalue weighted by Gasteiger charge is -2.40. The zero-order valence-corrected chi connectivity index (χ0v) is 21.0. The Morgan fingerprint density at radius 2 is 1.81 bits per heavy atom. The third kappa shape index (κ3) is 4.92. The van der Waals surface area contributed by atoms with Crippen molar-refractivity contribution in [2.45, 2.75) is 31.2 Å². The first-order chi connectivity index (χ1) is 17.1. The van der Waals surface area contributed by atoms with E-state index in [9.17, 15) is 14.3 Å². The molecule has 3 aromatic rings. The number of aliphatic imine (C=N–C) groups is 1. The van der Waals surface area contributed by atoms with Crippen molar-refractivity contribution < 1.29 is 14.3 Å². The molecule has 5 N–H and O–H groups in total. The molecule has 4 rings (SSSR count). The van der Waals surface area contributed by atoms with Gasteiger partial charge < -0.3 is 21.5 Å². The lowest BCUT2D eigenvalue weighted by molar-refractivity contribution is -0.131. The number of aliphatic hydroxyl groups excluding tert-OH is 1. The molecule has 36 heavy (non-hydrogen) atoms. The van der Waals surface area contributed by atoms with Gasteiger partial charge in [0.15, 0.2) is 11.4 Å². The molecule has 0 saturated heterocycles. The van der Waals surface area contributed by atoms with E-state index in [-0.39, 0.29) is 12.1 Å². The van der Waals surface area contributed by atoms with Crippen molar-refractivity contribution in [1.29, 1.82) is 0 Å². The molecule has 0 saturated carbocycles. The molecule has 1 heterocycles. The second kappa shape index (κ2) is 10.5. The number of benzodiazepines with no additional fused rings is 1.